The highest BCUT2D eigenvalue weighted by molar-refractivity contribution is 5.12. The molecular weight excluding hydrogens is 152 g/mol. The molecule has 3 heteroatoms. The van der Waals surface area contributed by atoms with Crippen molar-refractivity contribution in [2.75, 3.05) is 0 Å². The van der Waals surface area contributed by atoms with Crippen LogP contribution in [0.15, 0.2) is 23.9 Å². The maximum absolute atomic E-state index is 9.55. The first kappa shape index (κ1) is 9.00. The fourth-order valence-electron chi connectivity index (χ4n) is 0.992. The second kappa shape index (κ2) is 3.54. The van der Waals surface area contributed by atoms with Gasteiger partial charge in [-0.2, -0.15) is 5.10 Å². The highest BCUT2D eigenvalue weighted by Crippen LogP contribution is 2.12. The van der Waals surface area contributed by atoms with Crippen molar-refractivity contribution < 1.29 is 5.11 Å². The fraction of sp³-hybridized carbons (Fsp3) is 0.444. The molecule has 0 fully saturated rings. The van der Waals surface area contributed by atoms with Crippen LogP contribution < -0.4 is 0 Å². The van der Waals surface area contributed by atoms with E-state index in [2.05, 4.69) is 5.10 Å². The molecule has 1 atom stereocenters. The second-order valence-electron chi connectivity index (χ2n) is 3.10. The Morgan fingerprint density at radius 2 is 2.33 bits per heavy atom. The van der Waals surface area contributed by atoms with Crippen molar-refractivity contribution in [3.63, 3.8) is 0 Å². The second-order valence-corrected chi connectivity index (χ2v) is 3.10. The summed E-state index contributed by atoms with van der Waals surface area (Å²) < 4.78 is 1.68. The van der Waals surface area contributed by atoms with Gasteiger partial charge in [0.05, 0.1) is 5.69 Å². The molecule has 0 radical (unpaired) electrons. The number of hydrogen-bond donors (Lipinski definition) is 1. The number of hydrogen-bond acceptors (Lipinski definition) is 2. The summed E-state index contributed by atoms with van der Waals surface area (Å²) in [5.41, 5.74) is 1.78. The standard InChI is InChI=1S/C9H14N2O/c1-7(2)6-9(12)8-4-5-11(3)10-8/h4-6,9,12H,1-3H3. The van der Waals surface area contributed by atoms with Gasteiger partial charge >= 0.3 is 0 Å². The zero-order valence-electron chi connectivity index (χ0n) is 7.65. The number of nitrogens with zero attached hydrogens (tertiary/aromatic N) is 2. The highest BCUT2D eigenvalue weighted by Gasteiger charge is 2.05. The third-order valence-electron chi connectivity index (χ3n) is 1.53. The van der Waals surface area contributed by atoms with Gasteiger partial charge in [0.25, 0.3) is 0 Å². The first-order valence-electron chi connectivity index (χ1n) is 3.92. The molecule has 3 nitrogen and oxygen atoms in total. The van der Waals surface area contributed by atoms with Gasteiger partial charge in [-0.1, -0.05) is 11.6 Å². The van der Waals surface area contributed by atoms with E-state index >= 15 is 0 Å². The van der Waals surface area contributed by atoms with E-state index in [1.54, 1.807) is 10.8 Å². The van der Waals surface area contributed by atoms with Gasteiger partial charge in [-0.25, -0.2) is 0 Å². The Hall–Kier alpha value is -1.09. The van der Waals surface area contributed by atoms with Crippen molar-refractivity contribution in [3.05, 3.63) is 29.6 Å². The first-order chi connectivity index (χ1) is 5.59. The molecule has 0 spiro atoms. The van der Waals surface area contributed by atoms with Gasteiger partial charge in [0.2, 0.25) is 0 Å². The molecule has 66 valence electrons. The Balaban J connectivity index is 2.78. The van der Waals surface area contributed by atoms with E-state index in [9.17, 15) is 5.11 Å². The van der Waals surface area contributed by atoms with Crippen LogP contribution in [0.5, 0.6) is 0 Å². The monoisotopic (exact) mass is 166 g/mol. The normalized spacial score (nSPS) is 12.7. The Labute approximate surface area is 72.3 Å². The number of aliphatic hydroxyl groups is 1. The van der Waals surface area contributed by atoms with Crippen LogP contribution in [0.1, 0.15) is 25.6 Å². The summed E-state index contributed by atoms with van der Waals surface area (Å²) in [5, 5.41) is 13.6. The fourth-order valence-corrected chi connectivity index (χ4v) is 0.992. The minimum absolute atomic E-state index is 0.573. The molecule has 1 heterocycles. The third-order valence-corrected chi connectivity index (χ3v) is 1.53. The zero-order valence-corrected chi connectivity index (χ0v) is 7.65. The van der Waals surface area contributed by atoms with Gasteiger partial charge in [0, 0.05) is 13.2 Å². The third kappa shape index (κ3) is 2.20. The minimum Gasteiger partial charge on any atom is -0.383 e. The van der Waals surface area contributed by atoms with E-state index in [1.807, 2.05) is 33.2 Å². The largest absolute Gasteiger partial charge is 0.383 e. The number of aromatic nitrogens is 2. The average Bonchev–Trinajstić information content (AvgIpc) is 2.34. The van der Waals surface area contributed by atoms with Crippen LogP contribution in [-0.2, 0) is 7.05 Å². The summed E-state index contributed by atoms with van der Waals surface area (Å²) >= 11 is 0. The molecule has 1 N–H and O–H groups in total. The van der Waals surface area contributed by atoms with Crippen molar-refractivity contribution in [2.24, 2.45) is 7.05 Å². The number of rotatable bonds is 2. The first-order valence-corrected chi connectivity index (χ1v) is 3.92. The Bertz CT molecular complexity index is 284. The summed E-state index contributed by atoms with van der Waals surface area (Å²) in [6.45, 7) is 3.90. The molecule has 1 unspecified atom stereocenters. The maximum Gasteiger partial charge on any atom is 0.116 e. The van der Waals surface area contributed by atoms with Crippen LogP contribution in [-0.4, -0.2) is 14.9 Å². The van der Waals surface area contributed by atoms with Gasteiger partial charge in [-0.3, -0.25) is 4.68 Å². The molecule has 0 amide bonds. The molecule has 1 aromatic heterocycles. The summed E-state index contributed by atoms with van der Waals surface area (Å²) in [6.07, 6.45) is 3.02. The van der Waals surface area contributed by atoms with E-state index in [4.69, 9.17) is 0 Å². The number of allylic oxidation sites excluding steroid dienone is 1. The van der Waals surface area contributed by atoms with Crippen LogP contribution in [0.2, 0.25) is 0 Å². The Morgan fingerprint density at radius 3 is 2.75 bits per heavy atom. The van der Waals surface area contributed by atoms with Gasteiger partial charge in [-0.15, -0.1) is 0 Å². The topological polar surface area (TPSA) is 38.0 Å². The van der Waals surface area contributed by atoms with Gasteiger partial charge in [-0.05, 0) is 19.9 Å². The van der Waals surface area contributed by atoms with E-state index < -0.39 is 6.10 Å². The smallest absolute Gasteiger partial charge is 0.116 e. The number of aliphatic hydroxyl groups excluding tert-OH is 1. The summed E-state index contributed by atoms with van der Waals surface area (Å²) in [6, 6.07) is 1.81. The van der Waals surface area contributed by atoms with Gasteiger partial charge < -0.3 is 5.11 Å². The van der Waals surface area contributed by atoms with Crippen molar-refractivity contribution in [1.29, 1.82) is 0 Å². The van der Waals surface area contributed by atoms with Crippen molar-refractivity contribution >= 4 is 0 Å². The van der Waals surface area contributed by atoms with Crippen LogP contribution >= 0.6 is 0 Å². The van der Waals surface area contributed by atoms with Crippen molar-refractivity contribution in [3.8, 4) is 0 Å². The van der Waals surface area contributed by atoms with Crippen molar-refractivity contribution in [2.45, 2.75) is 20.0 Å². The lowest BCUT2D eigenvalue weighted by atomic mass is 10.2. The predicted octanol–water partition coefficient (Wildman–Crippen LogP) is 1.42. The average molecular weight is 166 g/mol. The van der Waals surface area contributed by atoms with E-state index in [0.717, 1.165) is 5.57 Å². The van der Waals surface area contributed by atoms with Gasteiger partial charge in [0.15, 0.2) is 0 Å². The SMILES string of the molecule is CC(C)=CC(O)c1ccn(C)n1. The lowest BCUT2D eigenvalue weighted by molar-refractivity contribution is 0.221. The lowest BCUT2D eigenvalue weighted by Gasteiger charge is -2.01. The van der Waals surface area contributed by atoms with Gasteiger partial charge in [0.1, 0.15) is 6.10 Å². The summed E-state index contributed by atoms with van der Waals surface area (Å²) in [5.74, 6) is 0. The van der Waals surface area contributed by atoms with Crippen LogP contribution in [0, 0.1) is 0 Å². The van der Waals surface area contributed by atoms with Crippen LogP contribution in [0.3, 0.4) is 0 Å². The summed E-state index contributed by atoms with van der Waals surface area (Å²) in [4.78, 5) is 0. The molecule has 1 aromatic rings. The molecule has 0 bridgehead atoms. The molecule has 0 aliphatic heterocycles. The molecule has 1 rings (SSSR count). The van der Waals surface area contributed by atoms with E-state index in [0.29, 0.717) is 5.69 Å². The lowest BCUT2D eigenvalue weighted by Crippen LogP contribution is -1.97. The van der Waals surface area contributed by atoms with Crippen LogP contribution in [0.4, 0.5) is 0 Å². The maximum atomic E-state index is 9.55. The van der Waals surface area contributed by atoms with Crippen molar-refractivity contribution in [1.82, 2.24) is 9.78 Å². The predicted molar refractivity (Wildman–Crippen MR) is 47.6 cm³/mol. The molecule has 12 heavy (non-hydrogen) atoms. The molecule has 0 aliphatic rings. The highest BCUT2D eigenvalue weighted by atomic mass is 16.3. The number of aryl methyl sites for hydroxylation is 1. The molecule has 0 saturated heterocycles. The summed E-state index contributed by atoms with van der Waals surface area (Å²) in [7, 11) is 1.83. The molecular formula is C9H14N2O. The molecule has 0 aliphatic carbocycles. The molecule has 0 aromatic carbocycles. The Kier molecular flexibility index (Phi) is 2.65. The van der Waals surface area contributed by atoms with E-state index in [1.165, 1.54) is 0 Å². The minimum atomic E-state index is -0.573. The quantitative estimate of drug-likeness (QED) is 0.675. The zero-order chi connectivity index (χ0) is 9.14. The van der Waals surface area contributed by atoms with Crippen LogP contribution in [0.25, 0.3) is 0 Å². The molecule has 0 saturated carbocycles. The Morgan fingerprint density at radius 1 is 1.67 bits per heavy atom. The van der Waals surface area contributed by atoms with E-state index in [-0.39, 0.29) is 0 Å².